The average Bonchev–Trinajstić information content (AvgIpc) is 2.62. The first-order chi connectivity index (χ1) is 8.11. The highest BCUT2D eigenvalue weighted by Crippen LogP contribution is 2.48. The molecule has 2 heterocycles. The number of thioether (sulfide) groups is 1. The highest BCUT2D eigenvalue weighted by atomic mass is 32.2. The Labute approximate surface area is 105 Å². The summed E-state index contributed by atoms with van der Waals surface area (Å²) in [6, 6.07) is 4.54. The van der Waals surface area contributed by atoms with Crippen molar-refractivity contribution in [3.05, 3.63) is 29.6 Å². The number of nitrogens with two attached hydrogens (primary N) is 1. The Bertz CT molecular complexity index is 453. The van der Waals surface area contributed by atoms with Gasteiger partial charge >= 0.3 is 0 Å². The summed E-state index contributed by atoms with van der Waals surface area (Å²) in [5.41, 5.74) is 6.84. The maximum absolute atomic E-state index is 13.2. The maximum Gasteiger partial charge on any atom is 0.125 e. The molecule has 1 spiro atoms. The Morgan fingerprint density at radius 2 is 2.35 bits per heavy atom. The molecule has 0 aliphatic carbocycles. The van der Waals surface area contributed by atoms with Crippen LogP contribution in [0.5, 0.6) is 5.75 Å². The minimum absolute atomic E-state index is 0.115. The van der Waals surface area contributed by atoms with Crippen molar-refractivity contribution in [3.8, 4) is 5.75 Å². The molecule has 2 aliphatic heterocycles. The standard InChI is InChI=1S/C13H16FNOS/c1-8-13(4-5-17-8)7-11(15)10-6-9(14)2-3-12(10)16-13/h2-3,6,8,11H,4-5,7,15H2,1H3/t8?,11-,13?/m0/s1. The van der Waals surface area contributed by atoms with Gasteiger partial charge in [0.1, 0.15) is 17.2 Å². The summed E-state index contributed by atoms with van der Waals surface area (Å²) in [6.07, 6.45) is 1.82. The summed E-state index contributed by atoms with van der Waals surface area (Å²) in [5.74, 6) is 1.64. The number of halogens is 1. The Balaban J connectivity index is 2.01. The molecule has 17 heavy (non-hydrogen) atoms. The van der Waals surface area contributed by atoms with E-state index in [9.17, 15) is 4.39 Å². The Morgan fingerprint density at radius 1 is 1.53 bits per heavy atom. The van der Waals surface area contributed by atoms with E-state index in [1.165, 1.54) is 12.1 Å². The van der Waals surface area contributed by atoms with E-state index >= 15 is 0 Å². The molecule has 0 aromatic heterocycles. The Kier molecular flexibility index (Phi) is 2.60. The quantitative estimate of drug-likeness (QED) is 0.772. The van der Waals surface area contributed by atoms with Gasteiger partial charge in [0.25, 0.3) is 0 Å². The smallest absolute Gasteiger partial charge is 0.125 e. The van der Waals surface area contributed by atoms with E-state index < -0.39 is 0 Å². The van der Waals surface area contributed by atoms with Crippen LogP contribution in [0.2, 0.25) is 0 Å². The van der Waals surface area contributed by atoms with Crippen molar-refractivity contribution in [1.29, 1.82) is 0 Å². The minimum Gasteiger partial charge on any atom is -0.486 e. The first kappa shape index (κ1) is 11.4. The van der Waals surface area contributed by atoms with E-state index in [-0.39, 0.29) is 17.5 Å². The summed E-state index contributed by atoms with van der Waals surface area (Å²) < 4.78 is 19.3. The van der Waals surface area contributed by atoms with Gasteiger partial charge in [-0.3, -0.25) is 0 Å². The SMILES string of the molecule is CC1SCCC12C[C@H](N)c1cc(F)ccc1O2. The van der Waals surface area contributed by atoms with E-state index in [0.717, 1.165) is 29.9 Å². The van der Waals surface area contributed by atoms with Crippen molar-refractivity contribution in [1.82, 2.24) is 0 Å². The van der Waals surface area contributed by atoms with Crippen LogP contribution < -0.4 is 10.5 Å². The second-order valence-corrected chi connectivity index (χ2v) is 6.37. The largest absolute Gasteiger partial charge is 0.486 e. The third-order valence-corrected chi connectivity index (χ3v) is 5.25. The fraction of sp³-hybridized carbons (Fsp3) is 0.538. The number of fused-ring (bicyclic) bond motifs is 1. The van der Waals surface area contributed by atoms with Gasteiger partial charge in [-0.15, -0.1) is 0 Å². The van der Waals surface area contributed by atoms with Crippen LogP contribution in [0.4, 0.5) is 4.39 Å². The molecule has 2 unspecified atom stereocenters. The second-order valence-electron chi connectivity index (χ2n) is 4.92. The molecule has 2 N–H and O–H groups in total. The number of hydrogen-bond acceptors (Lipinski definition) is 3. The third-order valence-electron chi connectivity index (χ3n) is 3.88. The van der Waals surface area contributed by atoms with Crippen molar-refractivity contribution in [3.63, 3.8) is 0 Å². The molecule has 92 valence electrons. The van der Waals surface area contributed by atoms with Gasteiger partial charge in [-0.2, -0.15) is 11.8 Å². The first-order valence-electron chi connectivity index (χ1n) is 5.96. The van der Waals surface area contributed by atoms with Crippen LogP contribution in [0.1, 0.15) is 31.4 Å². The lowest BCUT2D eigenvalue weighted by Gasteiger charge is -2.41. The lowest BCUT2D eigenvalue weighted by molar-refractivity contribution is 0.0408. The van der Waals surface area contributed by atoms with Crippen LogP contribution in [0.15, 0.2) is 18.2 Å². The average molecular weight is 253 g/mol. The summed E-state index contributed by atoms with van der Waals surface area (Å²) in [4.78, 5) is 0. The topological polar surface area (TPSA) is 35.2 Å². The zero-order valence-corrected chi connectivity index (χ0v) is 10.6. The lowest BCUT2D eigenvalue weighted by Crippen LogP contribution is -2.47. The van der Waals surface area contributed by atoms with Gasteiger partial charge in [-0.05, 0) is 37.3 Å². The van der Waals surface area contributed by atoms with Gasteiger partial charge in [-0.25, -0.2) is 4.39 Å². The third kappa shape index (κ3) is 1.74. The molecular formula is C13H16FNOS. The zero-order valence-electron chi connectivity index (χ0n) is 9.78. The molecule has 0 radical (unpaired) electrons. The first-order valence-corrected chi connectivity index (χ1v) is 7.01. The number of rotatable bonds is 0. The van der Waals surface area contributed by atoms with E-state index in [2.05, 4.69) is 6.92 Å². The Morgan fingerprint density at radius 3 is 3.06 bits per heavy atom. The van der Waals surface area contributed by atoms with E-state index in [0.29, 0.717) is 5.25 Å². The number of benzene rings is 1. The van der Waals surface area contributed by atoms with Crippen molar-refractivity contribution in [2.75, 3.05) is 5.75 Å². The highest BCUT2D eigenvalue weighted by Gasteiger charge is 2.47. The van der Waals surface area contributed by atoms with Crippen LogP contribution >= 0.6 is 11.8 Å². The van der Waals surface area contributed by atoms with Crippen LogP contribution in [0, 0.1) is 5.82 Å². The van der Waals surface area contributed by atoms with Crippen LogP contribution in [0.25, 0.3) is 0 Å². The second kappa shape index (κ2) is 3.89. The summed E-state index contributed by atoms with van der Waals surface area (Å²) in [7, 11) is 0. The molecule has 1 aromatic carbocycles. The van der Waals surface area contributed by atoms with Crippen LogP contribution in [-0.2, 0) is 0 Å². The van der Waals surface area contributed by atoms with E-state index in [4.69, 9.17) is 10.5 Å². The molecule has 2 nitrogen and oxygen atoms in total. The molecule has 1 aromatic rings. The normalized spacial score (nSPS) is 35.7. The fourth-order valence-electron chi connectivity index (χ4n) is 2.81. The van der Waals surface area contributed by atoms with Crippen molar-refractivity contribution in [2.24, 2.45) is 5.73 Å². The van der Waals surface area contributed by atoms with E-state index in [1.54, 1.807) is 6.07 Å². The molecule has 4 heteroatoms. The minimum atomic E-state index is -0.243. The number of ether oxygens (including phenoxy) is 1. The van der Waals surface area contributed by atoms with E-state index in [1.807, 2.05) is 11.8 Å². The predicted molar refractivity (Wildman–Crippen MR) is 67.8 cm³/mol. The van der Waals surface area contributed by atoms with Gasteiger partial charge < -0.3 is 10.5 Å². The van der Waals surface area contributed by atoms with Crippen molar-refractivity contribution >= 4 is 11.8 Å². The van der Waals surface area contributed by atoms with Gasteiger partial charge in [0.05, 0.1) is 0 Å². The molecular weight excluding hydrogens is 237 g/mol. The van der Waals surface area contributed by atoms with Gasteiger partial charge in [0.15, 0.2) is 0 Å². The van der Waals surface area contributed by atoms with Crippen molar-refractivity contribution < 1.29 is 9.13 Å². The highest BCUT2D eigenvalue weighted by molar-refractivity contribution is 8.00. The summed E-state index contributed by atoms with van der Waals surface area (Å²) >= 11 is 1.93. The van der Waals surface area contributed by atoms with Crippen molar-refractivity contribution in [2.45, 2.75) is 36.7 Å². The molecule has 1 saturated heterocycles. The van der Waals surface area contributed by atoms with Gasteiger partial charge in [0, 0.05) is 23.3 Å². The number of hydrogen-bond donors (Lipinski definition) is 1. The fourth-order valence-corrected chi connectivity index (χ4v) is 4.19. The Hall–Kier alpha value is -0.740. The predicted octanol–water partition coefficient (Wildman–Crippen LogP) is 2.87. The summed E-state index contributed by atoms with van der Waals surface area (Å²) in [5, 5.41) is 0.451. The molecule has 0 saturated carbocycles. The van der Waals surface area contributed by atoms with Gasteiger partial charge in [-0.1, -0.05) is 0 Å². The lowest BCUT2D eigenvalue weighted by atomic mass is 9.84. The van der Waals surface area contributed by atoms with Gasteiger partial charge in [0.2, 0.25) is 0 Å². The molecule has 3 atom stereocenters. The maximum atomic E-state index is 13.2. The molecule has 1 fully saturated rings. The molecule has 0 amide bonds. The zero-order chi connectivity index (χ0) is 12.0. The van der Waals surface area contributed by atoms with Crippen LogP contribution in [0.3, 0.4) is 0 Å². The molecule has 2 aliphatic rings. The molecule has 3 rings (SSSR count). The molecule has 0 bridgehead atoms. The monoisotopic (exact) mass is 253 g/mol. The summed E-state index contributed by atoms with van der Waals surface area (Å²) in [6.45, 7) is 2.19. The van der Waals surface area contributed by atoms with Crippen LogP contribution in [-0.4, -0.2) is 16.6 Å².